The number of carboxylic acids is 1. The Morgan fingerprint density at radius 2 is 1.96 bits per heavy atom. The molecule has 0 bridgehead atoms. The zero-order chi connectivity index (χ0) is 17.5. The van der Waals surface area contributed by atoms with Crippen molar-refractivity contribution in [1.29, 1.82) is 0 Å². The minimum absolute atomic E-state index is 0.0563. The van der Waals surface area contributed by atoms with Gasteiger partial charge >= 0.3 is 12.0 Å². The van der Waals surface area contributed by atoms with Crippen LogP contribution in [0.3, 0.4) is 0 Å². The van der Waals surface area contributed by atoms with Gasteiger partial charge in [0.2, 0.25) is 0 Å². The Morgan fingerprint density at radius 3 is 2.48 bits per heavy atom. The summed E-state index contributed by atoms with van der Waals surface area (Å²) in [5.74, 6) is -0.813. The van der Waals surface area contributed by atoms with Crippen LogP contribution in [0.1, 0.15) is 46.5 Å². The Labute approximate surface area is 138 Å². The van der Waals surface area contributed by atoms with Crippen molar-refractivity contribution in [2.45, 2.75) is 58.5 Å². The fourth-order valence-electron chi connectivity index (χ4n) is 2.76. The van der Waals surface area contributed by atoms with Crippen LogP contribution in [0, 0.1) is 5.41 Å². The van der Waals surface area contributed by atoms with Crippen molar-refractivity contribution in [1.82, 2.24) is 15.5 Å². The van der Waals surface area contributed by atoms with Crippen LogP contribution in [-0.4, -0.2) is 65.4 Å². The SMILES string of the molecule is CCN(CC(=O)O)C1CC(NC(=O)NCCCC(C)(C)CO)C1. The van der Waals surface area contributed by atoms with Crippen LogP contribution >= 0.6 is 0 Å². The van der Waals surface area contributed by atoms with Crippen LogP contribution < -0.4 is 10.6 Å². The predicted octanol–water partition coefficient (Wildman–Crippen LogP) is 1.02. The molecule has 7 nitrogen and oxygen atoms in total. The van der Waals surface area contributed by atoms with Gasteiger partial charge < -0.3 is 20.8 Å². The molecule has 1 saturated carbocycles. The van der Waals surface area contributed by atoms with Crippen molar-refractivity contribution in [2.24, 2.45) is 5.41 Å². The lowest BCUT2D eigenvalue weighted by atomic mass is 9.85. The Balaban J connectivity index is 2.14. The third kappa shape index (κ3) is 7.18. The molecule has 0 saturated heterocycles. The third-order valence-electron chi connectivity index (χ3n) is 4.45. The maximum absolute atomic E-state index is 11.8. The number of hydrogen-bond donors (Lipinski definition) is 4. The van der Waals surface area contributed by atoms with Crippen molar-refractivity contribution >= 4 is 12.0 Å². The fourth-order valence-corrected chi connectivity index (χ4v) is 2.76. The Morgan fingerprint density at radius 1 is 1.30 bits per heavy atom. The lowest BCUT2D eigenvalue weighted by molar-refractivity contribution is -0.139. The summed E-state index contributed by atoms with van der Waals surface area (Å²) in [6.07, 6.45) is 3.28. The quantitative estimate of drug-likeness (QED) is 0.448. The smallest absolute Gasteiger partial charge is 0.317 e. The summed E-state index contributed by atoms with van der Waals surface area (Å²) in [6, 6.07) is 0.194. The number of carboxylic acid groups (broad SMARTS) is 1. The topological polar surface area (TPSA) is 102 Å². The van der Waals surface area contributed by atoms with E-state index in [2.05, 4.69) is 10.6 Å². The molecule has 1 aliphatic rings. The molecule has 0 aromatic carbocycles. The van der Waals surface area contributed by atoms with Gasteiger partial charge in [0.25, 0.3) is 0 Å². The van der Waals surface area contributed by atoms with E-state index in [1.807, 2.05) is 25.7 Å². The number of amides is 2. The first-order valence-corrected chi connectivity index (χ1v) is 8.38. The van der Waals surface area contributed by atoms with Gasteiger partial charge in [0.1, 0.15) is 0 Å². The third-order valence-corrected chi connectivity index (χ3v) is 4.45. The van der Waals surface area contributed by atoms with E-state index in [4.69, 9.17) is 10.2 Å². The van der Waals surface area contributed by atoms with Gasteiger partial charge in [-0.15, -0.1) is 0 Å². The molecule has 0 aliphatic heterocycles. The number of aliphatic carboxylic acids is 1. The number of hydrogen-bond acceptors (Lipinski definition) is 4. The van der Waals surface area contributed by atoms with Gasteiger partial charge in [-0.3, -0.25) is 9.69 Å². The molecule has 0 aromatic rings. The molecule has 23 heavy (non-hydrogen) atoms. The van der Waals surface area contributed by atoms with Gasteiger partial charge in [-0.05, 0) is 37.6 Å². The Bertz CT molecular complexity index is 395. The van der Waals surface area contributed by atoms with Gasteiger partial charge in [0, 0.05) is 25.2 Å². The molecule has 0 heterocycles. The number of aliphatic hydroxyl groups excluding tert-OH is 1. The monoisotopic (exact) mass is 329 g/mol. The van der Waals surface area contributed by atoms with Crippen molar-refractivity contribution < 1.29 is 19.8 Å². The van der Waals surface area contributed by atoms with Crippen LogP contribution in [0.2, 0.25) is 0 Å². The highest BCUT2D eigenvalue weighted by molar-refractivity contribution is 5.74. The van der Waals surface area contributed by atoms with E-state index in [1.165, 1.54) is 0 Å². The normalized spacial score (nSPS) is 20.9. The minimum atomic E-state index is -0.813. The number of carbonyl (C=O) groups excluding carboxylic acids is 1. The lowest BCUT2D eigenvalue weighted by Gasteiger charge is -2.42. The number of likely N-dealkylation sites (N-methyl/N-ethyl adjacent to an activating group) is 1. The van der Waals surface area contributed by atoms with E-state index in [0.717, 1.165) is 25.7 Å². The van der Waals surface area contributed by atoms with Crippen molar-refractivity contribution in [2.75, 3.05) is 26.2 Å². The number of nitrogens with one attached hydrogen (secondary N) is 2. The number of rotatable bonds is 10. The maximum Gasteiger partial charge on any atom is 0.317 e. The molecule has 7 heteroatoms. The molecule has 4 N–H and O–H groups in total. The first-order chi connectivity index (χ1) is 10.8. The zero-order valence-electron chi connectivity index (χ0n) is 14.5. The summed E-state index contributed by atoms with van der Waals surface area (Å²) in [4.78, 5) is 24.5. The van der Waals surface area contributed by atoms with Gasteiger partial charge in [-0.1, -0.05) is 20.8 Å². The molecule has 0 radical (unpaired) electrons. The maximum atomic E-state index is 11.8. The van der Waals surface area contributed by atoms with Crippen LogP contribution in [0.4, 0.5) is 4.79 Å². The summed E-state index contributed by atoms with van der Waals surface area (Å²) in [7, 11) is 0. The van der Waals surface area contributed by atoms with Gasteiger partial charge in [-0.2, -0.15) is 0 Å². The number of aliphatic hydroxyl groups is 1. The molecule has 0 spiro atoms. The molecular weight excluding hydrogens is 298 g/mol. The van der Waals surface area contributed by atoms with Crippen molar-refractivity contribution in [3.05, 3.63) is 0 Å². The number of carbonyl (C=O) groups is 2. The number of urea groups is 1. The van der Waals surface area contributed by atoms with E-state index in [0.29, 0.717) is 13.1 Å². The molecule has 0 aromatic heterocycles. The average molecular weight is 329 g/mol. The Hall–Kier alpha value is -1.34. The van der Waals surface area contributed by atoms with Gasteiger partial charge in [-0.25, -0.2) is 4.79 Å². The predicted molar refractivity (Wildman–Crippen MR) is 88.3 cm³/mol. The summed E-state index contributed by atoms with van der Waals surface area (Å²) in [6.45, 7) is 7.44. The fraction of sp³-hybridized carbons (Fsp3) is 0.875. The first kappa shape index (κ1) is 19.7. The second-order valence-corrected chi connectivity index (χ2v) is 7.11. The van der Waals surface area contributed by atoms with Crippen molar-refractivity contribution in [3.8, 4) is 0 Å². The van der Waals surface area contributed by atoms with E-state index in [9.17, 15) is 9.59 Å². The molecule has 0 atom stereocenters. The van der Waals surface area contributed by atoms with Crippen LogP contribution in [0.5, 0.6) is 0 Å². The summed E-state index contributed by atoms with van der Waals surface area (Å²) in [5.41, 5.74) is -0.104. The summed E-state index contributed by atoms with van der Waals surface area (Å²) >= 11 is 0. The molecule has 134 valence electrons. The van der Waals surface area contributed by atoms with Gasteiger partial charge in [0.15, 0.2) is 0 Å². The van der Waals surface area contributed by atoms with Gasteiger partial charge in [0.05, 0.1) is 6.54 Å². The highest BCUT2D eigenvalue weighted by Crippen LogP contribution is 2.25. The standard InChI is InChI=1S/C16H31N3O4/c1-4-19(10-14(21)22)13-8-12(9-13)18-15(23)17-7-5-6-16(2,3)11-20/h12-13,20H,4-11H2,1-3H3,(H,21,22)(H2,17,18,23). The van der Waals surface area contributed by atoms with Crippen LogP contribution in [-0.2, 0) is 4.79 Å². The van der Waals surface area contributed by atoms with Crippen molar-refractivity contribution in [3.63, 3.8) is 0 Å². The van der Waals surface area contributed by atoms with E-state index < -0.39 is 5.97 Å². The van der Waals surface area contributed by atoms with E-state index >= 15 is 0 Å². The second kappa shape index (κ2) is 9.08. The highest BCUT2D eigenvalue weighted by Gasteiger charge is 2.34. The molecule has 2 amide bonds. The molecule has 1 rings (SSSR count). The lowest BCUT2D eigenvalue weighted by Crippen LogP contribution is -2.56. The highest BCUT2D eigenvalue weighted by atomic mass is 16.4. The molecule has 1 fully saturated rings. The summed E-state index contributed by atoms with van der Waals surface area (Å²) in [5, 5.41) is 23.8. The minimum Gasteiger partial charge on any atom is -0.480 e. The Kier molecular flexibility index (Phi) is 7.78. The summed E-state index contributed by atoms with van der Waals surface area (Å²) < 4.78 is 0. The molecule has 0 unspecified atom stereocenters. The molecular formula is C16H31N3O4. The number of nitrogens with zero attached hydrogens (tertiary/aromatic N) is 1. The van der Waals surface area contributed by atoms with E-state index in [-0.39, 0.29) is 36.7 Å². The zero-order valence-corrected chi connectivity index (χ0v) is 14.5. The van der Waals surface area contributed by atoms with E-state index in [1.54, 1.807) is 0 Å². The first-order valence-electron chi connectivity index (χ1n) is 8.38. The average Bonchev–Trinajstić information content (AvgIpc) is 2.44. The van der Waals surface area contributed by atoms with Crippen LogP contribution in [0.15, 0.2) is 0 Å². The molecule has 1 aliphatic carbocycles. The van der Waals surface area contributed by atoms with Crippen LogP contribution in [0.25, 0.3) is 0 Å². The second-order valence-electron chi connectivity index (χ2n) is 7.11. The largest absolute Gasteiger partial charge is 0.480 e.